The van der Waals surface area contributed by atoms with E-state index in [1.165, 1.54) is 11.5 Å². The summed E-state index contributed by atoms with van der Waals surface area (Å²) in [5.74, 6) is -0.407. The Hall–Kier alpha value is -1.44. The standard InChI is InChI=1S/C11H9IN2O3/c1-17-9(15)6-7-10(12)11(16)14-5-3-2-4-8(14)13-7/h2-5H,6H2,1H3. The first-order valence-corrected chi connectivity index (χ1v) is 5.94. The van der Waals surface area contributed by atoms with Crippen molar-refractivity contribution >= 4 is 34.2 Å². The molecule has 6 heteroatoms. The Labute approximate surface area is 111 Å². The fourth-order valence-corrected chi connectivity index (χ4v) is 2.01. The number of rotatable bonds is 2. The highest BCUT2D eigenvalue weighted by Gasteiger charge is 2.13. The van der Waals surface area contributed by atoms with Crippen molar-refractivity contribution < 1.29 is 9.53 Å². The Balaban J connectivity index is 2.62. The molecule has 2 aromatic heterocycles. The van der Waals surface area contributed by atoms with E-state index in [2.05, 4.69) is 9.72 Å². The highest BCUT2D eigenvalue weighted by atomic mass is 127. The van der Waals surface area contributed by atoms with Crippen molar-refractivity contribution in [2.75, 3.05) is 7.11 Å². The Morgan fingerprint density at radius 1 is 1.53 bits per heavy atom. The van der Waals surface area contributed by atoms with E-state index >= 15 is 0 Å². The molecule has 0 spiro atoms. The number of aromatic nitrogens is 2. The van der Waals surface area contributed by atoms with Gasteiger partial charge in [-0.1, -0.05) is 6.07 Å². The largest absolute Gasteiger partial charge is 0.469 e. The van der Waals surface area contributed by atoms with Gasteiger partial charge in [0.05, 0.1) is 19.2 Å². The third-order valence-corrected chi connectivity index (χ3v) is 3.37. The van der Waals surface area contributed by atoms with Gasteiger partial charge >= 0.3 is 5.97 Å². The lowest BCUT2D eigenvalue weighted by atomic mass is 10.3. The van der Waals surface area contributed by atoms with Crippen molar-refractivity contribution in [2.45, 2.75) is 6.42 Å². The Bertz CT molecular complexity index is 636. The van der Waals surface area contributed by atoms with Crippen LogP contribution in [0.1, 0.15) is 5.69 Å². The van der Waals surface area contributed by atoms with Crippen LogP contribution in [-0.4, -0.2) is 22.5 Å². The molecule has 0 fully saturated rings. The molecule has 0 bridgehead atoms. The number of pyridine rings is 1. The fraction of sp³-hybridized carbons (Fsp3) is 0.182. The quantitative estimate of drug-likeness (QED) is 0.603. The molecule has 0 aliphatic heterocycles. The number of hydrogen-bond donors (Lipinski definition) is 0. The first kappa shape index (κ1) is 12.0. The summed E-state index contributed by atoms with van der Waals surface area (Å²) >= 11 is 1.90. The van der Waals surface area contributed by atoms with Gasteiger partial charge in [-0.15, -0.1) is 0 Å². The molecule has 0 unspecified atom stereocenters. The van der Waals surface area contributed by atoms with Crippen LogP contribution in [0.2, 0.25) is 0 Å². The summed E-state index contributed by atoms with van der Waals surface area (Å²) in [6.07, 6.45) is 1.66. The highest BCUT2D eigenvalue weighted by Crippen LogP contribution is 2.08. The molecule has 0 radical (unpaired) electrons. The van der Waals surface area contributed by atoms with Gasteiger partial charge < -0.3 is 4.74 Å². The van der Waals surface area contributed by atoms with E-state index in [0.717, 1.165) is 0 Å². The first-order chi connectivity index (χ1) is 8.13. The van der Waals surface area contributed by atoms with Crippen molar-refractivity contribution in [2.24, 2.45) is 0 Å². The summed E-state index contributed by atoms with van der Waals surface area (Å²) in [5, 5.41) is 0. The summed E-state index contributed by atoms with van der Waals surface area (Å²) in [4.78, 5) is 27.5. The van der Waals surface area contributed by atoms with Gasteiger partial charge in [-0.2, -0.15) is 0 Å². The van der Waals surface area contributed by atoms with Crippen LogP contribution in [0.4, 0.5) is 0 Å². The average Bonchev–Trinajstić information content (AvgIpc) is 2.35. The number of nitrogens with zero attached hydrogens (tertiary/aromatic N) is 2. The van der Waals surface area contributed by atoms with E-state index in [-0.39, 0.29) is 12.0 Å². The predicted octanol–water partition coefficient (Wildman–Crippen LogP) is 1.01. The number of ether oxygens (including phenoxy) is 1. The molecule has 17 heavy (non-hydrogen) atoms. The number of hydrogen-bond acceptors (Lipinski definition) is 4. The van der Waals surface area contributed by atoms with Crippen LogP contribution < -0.4 is 5.56 Å². The maximum atomic E-state index is 12.0. The van der Waals surface area contributed by atoms with Gasteiger partial charge in [-0.05, 0) is 34.7 Å². The molecule has 2 heterocycles. The maximum Gasteiger partial charge on any atom is 0.311 e. The van der Waals surface area contributed by atoms with E-state index in [9.17, 15) is 9.59 Å². The second-order valence-electron chi connectivity index (χ2n) is 3.36. The Morgan fingerprint density at radius 2 is 2.29 bits per heavy atom. The van der Waals surface area contributed by atoms with E-state index < -0.39 is 5.97 Å². The molecule has 2 rings (SSSR count). The number of fused-ring (bicyclic) bond motifs is 1. The number of methoxy groups -OCH3 is 1. The number of carbonyl (C=O) groups excluding carboxylic acids is 1. The zero-order valence-electron chi connectivity index (χ0n) is 9.01. The minimum Gasteiger partial charge on any atom is -0.469 e. The molecular formula is C11H9IN2O3. The SMILES string of the molecule is COC(=O)Cc1nc2ccccn2c(=O)c1I. The summed E-state index contributed by atoms with van der Waals surface area (Å²) in [7, 11) is 1.31. The molecule has 0 N–H and O–H groups in total. The summed E-state index contributed by atoms with van der Waals surface area (Å²) in [6.45, 7) is 0. The third-order valence-electron chi connectivity index (χ3n) is 2.29. The Morgan fingerprint density at radius 3 is 3.00 bits per heavy atom. The van der Waals surface area contributed by atoms with Gasteiger partial charge in [0.1, 0.15) is 9.22 Å². The minimum atomic E-state index is -0.407. The molecule has 0 amide bonds. The molecule has 0 atom stereocenters. The minimum absolute atomic E-state index is 0.00933. The van der Waals surface area contributed by atoms with Crippen molar-refractivity contribution in [3.05, 3.63) is 44.0 Å². The maximum absolute atomic E-state index is 12.0. The van der Waals surface area contributed by atoms with Crippen LogP contribution in [0.5, 0.6) is 0 Å². The van der Waals surface area contributed by atoms with Crippen molar-refractivity contribution in [1.82, 2.24) is 9.38 Å². The average molecular weight is 344 g/mol. The van der Waals surface area contributed by atoms with E-state index in [0.29, 0.717) is 14.9 Å². The second-order valence-corrected chi connectivity index (χ2v) is 4.44. The molecule has 88 valence electrons. The molecule has 0 aliphatic carbocycles. The van der Waals surface area contributed by atoms with Gasteiger partial charge in [0.25, 0.3) is 5.56 Å². The molecular weight excluding hydrogens is 335 g/mol. The van der Waals surface area contributed by atoms with E-state index in [1.54, 1.807) is 24.4 Å². The second kappa shape index (κ2) is 4.82. The van der Waals surface area contributed by atoms with Gasteiger partial charge in [0.2, 0.25) is 0 Å². The van der Waals surface area contributed by atoms with Crippen LogP contribution in [0.15, 0.2) is 29.2 Å². The zero-order chi connectivity index (χ0) is 12.4. The topological polar surface area (TPSA) is 60.7 Å². The number of carbonyl (C=O) groups is 1. The molecule has 0 aromatic carbocycles. The predicted molar refractivity (Wildman–Crippen MR) is 69.9 cm³/mol. The fourth-order valence-electron chi connectivity index (χ4n) is 1.44. The molecule has 0 saturated heterocycles. The van der Waals surface area contributed by atoms with Gasteiger partial charge in [-0.3, -0.25) is 14.0 Å². The van der Waals surface area contributed by atoms with Crippen molar-refractivity contribution in [1.29, 1.82) is 0 Å². The number of halogens is 1. The van der Waals surface area contributed by atoms with Gasteiger partial charge in [-0.25, -0.2) is 4.98 Å². The van der Waals surface area contributed by atoms with Crippen LogP contribution in [0, 0.1) is 3.57 Å². The highest BCUT2D eigenvalue weighted by molar-refractivity contribution is 14.1. The van der Waals surface area contributed by atoms with Crippen molar-refractivity contribution in [3.63, 3.8) is 0 Å². The lowest BCUT2D eigenvalue weighted by Gasteiger charge is -2.05. The van der Waals surface area contributed by atoms with Crippen molar-refractivity contribution in [3.8, 4) is 0 Å². The van der Waals surface area contributed by atoms with E-state index in [4.69, 9.17) is 0 Å². The molecule has 0 aliphatic rings. The first-order valence-electron chi connectivity index (χ1n) is 4.86. The lowest BCUT2D eigenvalue weighted by Crippen LogP contribution is -2.22. The molecule has 5 nitrogen and oxygen atoms in total. The summed E-state index contributed by atoms with van der Waals surface area (Å²) in [6, 6.07) is 5.26. The van der Waals surface area contributed by atoms with Crippen LogP contribution in [0.3, 0.4) is 0 Å². The smallest absolute Gasteiger partial charge is 0.311 e. The summed E-state index contributed by atoms with van der Waals surface area (Å²) < 4.78 is 6.46. The third kappa shape index (κ3) is 2.31. The zero-order valence-corrected chi connectivity index (χ0v) is 11.2. The van der Waals surface area contributed by atoms with Crippen LogP contribution in [0.25, 0.3) is 5.65 Å². The van der Waals surface area contributed by atoms with Gasteiger partial charge in [0.15, 0.2) is 0 Å². The normalized spacial score (nSPS) is 10.5. The number of esters is 1. The van der Waals surface area contributed by atoms with Crippen LogP contribution in [-0.2, 0) is 16.0 Å². The lowest BCUT2D eigenvalue weighted by molar-refractivity contribution is -0.139. The monoisotopic (exact) mass is 344 g/mol. The molecule has 0 saturated carbocycles. The van der Waals surface area contributed by atoms with E-state index in [1.807, 2.05) is 22.6 Å². The summed E-state index contributed by atoms with van der Waals surface area (Å²) in [5.41, 5.74) is 0.806. The van der Waals surface area contributed by atoms with Gasteiger partial charge in [0, 0.05) is 6.20 Å². The Kier molecular flexibility index (Phi) is 3.41. The van der Waals surface area contributed by atoms with Crippen LogP contribution >= 0.6 is 22.6 Å². The molecule has 2 aromatic rings.